The number of aliphatic imine (C=N–C) groups is 1. The average molecular weight is 359 g/mol. The zero-order valence-electron chi connectivity index (χ0n) is 15.0. The van der Waals surface area contributed by atoms with Crippen LogP contribution in [0.2, 0.25) is 0 Å². The number of guanidine groups is 1. The number of rotatable bonds is 6. The third-order valence-corrected chi connectivity index (χ3v) is 4.66. The molecule has 6 heteroatoms. The summed E-state index contributed by atoms with van der Waals surface area (Å²) in [6.45, 7) is -0.112. The van der Waals surface area contributed by atoms with Crippen molar-refractivity contribution in [3.05, 3.63) is 65.2 Å². The average Bonchev–Trinajstić information content (AvgIpc) is 2.92. The molecule has 1 heterocycles. The van der Waals surface area contributed by atoms with Crippen LogP contribution in [-0.2, 0) is 12.0 Å². The number of nitrogens with zero attached hydrogens (tertiary/aromatic N) is 2. The Morgan fingerprint density at radius 3 is 2.50 bits per heavy atom. The highest BCUT2D eigenvalue weighted by atomic mass is 19.3. The van der Waals surface area contributed by atoms with E-state index >= 15 is 0 Å². The van der Waals surface area contributed by atoms with Crippen molar-refractivity contribution in [2.45, 2.75) is 31.9 Å². The summed E-state index contributed by atoms with van der Waals surface area (Å²) in [5.41, 5.74) is 8.58. The van der Waals surface area contributed by atoms with Crippen LogP contribution in [0.1, 0.15) is 30.0 Å². The summed E-state index contributed by atoms with van der Waals surface area (Å²) in [5, 5.41) is 0. The molecule has 4 nitrogen and oxygen atoms in total. The standard InChI is InChI=1S/C20H23F2N3O/c1-3-5-14-6-4-7-16(12-14)20(13-25(2)19(23)24-20)15-8-10-17(11-9-15)26-18(21)22/h4,6-12,18H,3,5,13H2,1-2H3,(H2,23,24)/t20-/m0/s1. The highest BCUT2D eigenvalue weighted by Crippen LogP contribution is 2.39. The monoisotopic (exact) mass is 359 g/mol. The van der Waals surface area contributed by atoms with E-state index in [9.17, 15) is 8.78 Å². The van der Waals surface area contributed by atoms with Gasteiger partial charge in [0.2, 0.25) is 0 Å². The molecule has 2 N–H and O–H groups in total. The summed E-state index contributed by atoms with van der Waals surface area (Å²) in [5.74, 6) is 0.584. The van der Waals surface area contributed by atoms with Gasteiger partial charge in [-0.05, 0) is 35.2 Å². The lowest BCUT2D eigenvalue weighted by atomic mass is 9.82. The van der Waals surface area contributed by atoms with Gasteiger partial charge in [0.1, 0.15) is 11.3 Å². The fourth-order valence-electron chi connectivity index (χ4n) is 3.40. The number of hydrogen-bond donors (Lipinski definition) is 1. The van der Waals surface area contributed by atoms with Crippen LogP contribution in [0, 0.1) is 0 Å². The van der Waals surface area contributed by atoms with Gasteiger partial charge in [-0.15, -0.1) is 0 Å². The first-order chi connectivity index (χ1) is 12.4. The SMILES string of the molecule is CCCc1cccc([C@@]2(c3ccc(OC(F)F)cc3)CN(C)C(N)=N2)c1. The van der Waals surface area contributed by atoms with Gasteiger partial charge in [0.15, 0.2) is 5.96 Å². The molecule has 1 atom stereocenters. The maximum Gasteiger partial charge on any atom is 0.387 e. The van der Waals surface area contributed by atoms with Crippen LogP contribution < -0.4 is 10.5 Å². The number of alkyl halides is 2. The fourth-order valence-corrected chi connectivity index (χ4v) is 3.40. The van der Waals surface area contributed by atoms with Crippen LogP contribution in [0.3, 0.4) is 0 Å². The summed E-state index contributed by atoms with van der Waals surface area (Å²) < 4.78 is 29.3. The molecule has 138 valence electrons. The number of nitrogens with two attached hydrogens (primary N) is 1. The van der Waals surface area contributed by atoms with E-state index in [1.807, 2.05) is 24.1 Å². The first-order valence-corrected chi connectivity index (χ1v) is 8.66. The lowest BCUT2D eigenvalue weighted by Gasteiger charge is -2.28. The number of hydrogen-bond acceptors (Lipinski definition) is 4. The Kier molecular flexibility index (Phi) is 5.11. The van der Waals surface area contributed by atoms with Gasteiger partial charge in [0.25, 0.3) is 0 Å². The molecular weight excluding hydrogens is 336 g/mol. The van der Waals surface area contributed by atoms with E-state index in [4.69, 9.17) is 10.7 Å². The third kappa shape index (κ3) is 3.49. The van der Waals surface area contributed by atoms with Crippen molar-refractivity contribution in [3.8, 4) is 5.75 Å². The predicted octanol–water partition coefficient (Wildman–Crippen LogP) is 3.74. The molecule has 2 aromatic carbocycles. The molecular formula is C20H23F2N3O. The molecule has 0 amide bonds. The number of likely N-dealkylation sites (N-methyl/N-ethyl adjacent to an activating group) is 1. The van der Waals surface area contributed by atoms with E-state index in [1.54, 1.807) is 24.3 Å². The molecule has 0 bridgehead atoms. The Bertz CT molecular complexity index is 792. The summed E-state index contributed by atoms with van der Waals surface area (Å²) in [6, 6.07) is 15.0. The Morgan fingerprint density at radius 1 is 1.19 bits per heavy atom. The molecule has 0 saturated carbocycles. The fraction of sp³-hybridized carbons (Fsp3) is 0.350. The van der Waals surface area contributed by atoms with Crippen LogP contribution in [0.15, 0.2) is 53.5 Å². The Hall–Kier alpha value is -2.63. The van der Waals surface area contributed by atoms with Gasteiger partial charge < -0.3 is 15.4 Å². The van der Waals surface area contributed by atoms with Crippen molar-refractivity contribution in [3.63, 3.8) is 0 Å². The molecule has 1 aliphatic rings. The van der Waals surface area contributed by atoms with E-state index in [-0.39, 0.29) is 5.75 Å². The summed E-state index contributed by atoms with van der Waals surface area (Å²) in [4.78, 5) is 6.66. The van der Waals surface area contributed by atoms with Crippen LogP contribution in [0.25, 0.3) is 0 Å². The molecule has 26 heavy (non-hydrogen) atoms. The second-order valence-electron chi connectivity index (χ2n) is 6.54. The lowest BCUT2D eigenvalue weighted by Crippen LogP contribution is -2.34. The zero-order chi connectivity index (χ0) is 18.7. The van der Waals surface area contributed by atoms with Crippen LogP contribution in [0.4, 0.5) is 8.78 Å². The highest BCUT2D eigenvalue weighted by molar-refractivity contribution is 5.81. The number of benzene rings is 2. The second kappa shape index (κ2) is 7.32. The van der Waals surface area contributed by atoms with Crippen molar-refractivity contribution in [2.75, 3.05) is 13.6 Å². The van der Waals surface area contributed by atoms with Crippen LogP contribution >= 0.6 is 0 Å². The van der Waals surface area contributed by atoms with E-state index in [0.717, 1.165) is 24.0 Å². The minimum absolute atomic E-state index is 0.127. The molecule has 0 aromatic heterocycles. The maximum atomic E-state index is 12.4. The van der Waals surface area contributed by atoms with E-state index < -0.39 is 12.2 Å². The van der Waals surface area contributed by atoms with Gasteiger partial charge >= 0.3 is 6.61 Å². The smallest absolute Gasteiger partial charge is 0.387 e. The van der Waals surface area contributed by atoms with Gasteiger partial charge in [0.05, 0.1) is 6.54 Å². The zero-order valence-corrected chi connectivity index (χ0v) is 15.0. The molecule has 0 spiro atoms. The summed E-state index contributed by atoms with van der Waals surface area (Å²) in [6.07, 6.45) is 2.04. The van der Waals surface area contributed by atoms with Crippen molar-refractivity contribution in [2.24, 2.45) is 10.7 Å². The molecule has 0 unspecified atom stereocenters. The lowest BCUT2D eigenvalue weighted by molar-refractivity contribution is -0.0498. The Labute approximate surface area is 152 Å². The van der Waals surface area contributed by atoms with Crippen molar-refractivity contribution < 1.29 is 13.5 Å². The van der Waals surface area contributed by atoms with Crippen molar-refractivity contribution >= 4 is 5.96 Å². The Balaban J connectivity index is 2.05. The van der Waals surface area contributed by atoms with Gasteiger partial charge in [-0.2, -0.15) is 8.78 Å². The minimum atomic E-state index is -2.84. The van der Waals surface area contributed by atoms with E-state index in [0.29, 0.717) is 12.5 Å². The topological polar surface area (TPSA) is 50.9 Å². The number of halogens is 2. The highest BCUT2D eigenvalue weighted by Gasteiger charge is 2.40. The number of ether oxygens (including phenoxy) is 1. The third-order valence-electron chi connectivity index (χ3n) is 4.66. The largest absolute Gasteiger partial charge is 0.435 e. The normalized spacial score (nSPS) is 19.7. The predicted molar refractivity (Wildman–Crippen MR) is 98.5 cm³/mol. The van der Waals surface area contributed by atoms with Crippen LogP contribution in [0.5, 0.6) is 5.75 Å². The van der Waals surface area contributed by atoms with Gasteiger partial charge in [-0.25, -0.2) is 4.99 Å². The van der Waals surface area contributed by atoms with Gasteiger partial charge in [-0.3, -0.25) is 0 Å². The molecule has 0 fully saturated rings. The second-order valence-corrected chi connectivity index (χ2v) is 6.54. The van der Waals surface area contributed by atoms with E-state index in [2.05, 4.69) is 23.8 Å². The molecule has 0 aliphatic carbocycles. The first-order valence-electron chi connectivity index (χ1n) is 8.66. The summed E-state index contributed by atoms with van der Waals surface area (Å²) in [7, 11) is 1.89. The Morgan fingerprint density at radius 2 is 1.92 bits per heavy atom. The maximum absolute atomic E-state index is 12.4. The first kappa shape index (κ1) is 18.2. The molecule has 2 aromatic rings. The number of aryl methyl sites for hydroxylation is 1. The molecule has 0 saturated heterocycles. The van der Waals surface area contributed by atoms with Gasteiger partial charge in [-0.1, -0.05) is 49.7 Å². The van der Waals surface area contributed by atoms with Crippen LogP contribution in [-0.4, -0.2) is 31.1 Å². The quantitative estimate of drug-likeness (QED) is 0.855. The minimum Gasteiger partial charge on any atom is -0.435 e. The molecule has 0 radical (unpaired) electrons. The van der Waals surface area contributed by atoms with E-state index in [1.165, 1.54) is 5.56 Å². The van der Waals surface area contributed by atoms with Crippen molar-refractivity contribution in [1.82, 2.24) is 4.90 Å². The molecule has 1 aliphatic heterocycles. The molecule has 3 rings (SSSR count). The van der Waals surface area contributed by atoms with Crippen molar-refractivity contribution in [1.29, 1.82) is 0 Å². The van der Waals surface area contributed by atoms with Gasteiger partial charge in [0, 0.05) is 7.05 Å². The summed E-state index contributed by atoms with van der Waals surface area (Å²) >= 11 is 0.